The highest BCUT2D eigenvalue weighted by Crippen LogP contribution is 2.30. The van der Waals surface area contributed by atoms with Crippen LogP contribution < -0.4 is 21.7 Å². The van der Waals surface area contributed by atoms with Gasteiger partial charge in [0, 0.05) is 43.0 Å². The Balaban J connectivity index is 1.16. The van der Waals surface area contributed by atoms with Crippen LogP contribution in [-0.4, -0.2) is 69.2 Å². The van der Waals surface area contributed by atoms with Crippen LogP contribution in [0.25, 0.3) is 0 Å². The summed E-state index contributed by atoms with van der Waals surface area (Å²) in [5.74, 6) is -2.67. The van der Waals surface area contributed by atoms with Crippen molar-refractivity contribution in [1.82, 2.24) is 10.6 Å². The molecule has 0 aliphatic carbocycles. The van der Waals surface area contributed by atoms with Crippen LogP contribution in [0.4, 0.5) is 23.7 Å². The zero-order valence-corrected chi connectivity index (χ0v) is 25.4. The number of benzene rings is 3. The number of ether oxygens (including phenoxy) is 3. The molecule has 3 aromatic carbocycles. The summed E-state index contributed by atoms with van der Waals surface area (Å²) >= 11 is 0. The van der Waals surface area contributed by atoms with Crippen molar-refractivity contribution in [3.8, 4) is 0 Å². The van der Waals surface area contributed by atoms with Gasteiger partial charge in [-0.05, 0) is 73.2 Å². The number of halogens is 3. The molecule has 2 saturated heterocycles. The van der Waals surface area contributed by atoms with Gasteiger partial charge in [0.25, 0.3) is 0 Å². The number of nitrogens with two attached hydrogens (primary N) is 1. The molecule has 2 amide bonds. The van der Waals surface area contributed by atoms with Crippen LogP contribution >= 0.6 is 0 Å². The fourth-order valence-corrected chi connectivity index (χ4v) is 5.74. The van der Waals surface area contributed by atoms with Gasteiger partial charge < -0.3 is 35.9 Å². The minimum Gasteiger partial charge on any atom is -0.448 e. The first-order chi connectivity index (χ1) is 22.3. The largest absolute Gasteiger partial charge is 0.448 e. The van der Waals surface area contributed by atoms with Gasteiger partial charge in [0.05, 0.1) is 24.8 Å². The maximum atomic E-state index is 15.1. The SMILES string of the molecule is N[C@H](C(=O)Nc1cccc(F)c1CC[C@@H]1CN[C@H](COC(=O)NC2CCOCC2)CO1)C(c1ccc(F)cc1)c1ccc(F)cc1. The normalized spacial score (nSPS) is 19.4. The Morgan fingerprint density at radius 2 is 1.61 bits per heavy atom. The second kappa shape index (κ2) is 16.0. The molecule has 5 N–H and O–H groups in total. The van der Waals surface area contributed by atoms with Crippen molar-refractivity contribution in [3.63, 3.8) is 0 Å². The third kappa shape index (κ3) is 9.06. The zero-order valence-electron chi connectivity index (χ0n) is 25.4. The van der Waals surface area contributed by atoms with Crippen molar-refractivity contribution in [2.24, 2.45) is 5.73 Å². The monoisotopic (exact) mass is 640 g/mol. The lowest BCUT2D eigenvalue weighted by atomic mass is 9.85. The minimum absolute atomic E-state index is 0.0519. The molecule has 2 heterocycles. The summed E-state index contributed by atoms with van der Waals surface area (Å²) in [4.78, 5) is 25.6. The summed E-state index contributed by atoms with van der Waals surface area (Å²) in [5, 5.41) is 8.94. The molecule has 2 aliphatic heterocycles. The molecular formula is C34H39F3N4O5. The minimum atomic E-state index is -1.16. The number of hydrogen-bond acceptors (Lipinski definition) is 7. The summed E-state index contributed by atoms with van der Waals surface area (Å²) in [6, 6.07) is 14.3. The molecule has 2 aliphatic rings. The van der Waals surface area contributed by atoms with Gasteiger partial charge in [-0.15, -0.1) is 0 Å². The Bertz CT molecular complexity index is 1400. The van der Waals surface area contributed by atoms with Crippen LogP contribution in [0.2, 0.25) is 0 Å². The van der Waals surface area contributed by atoms with E-state index in [2.05, 4.69) is 16.0 Å². The first-order valence-electron chi connectivity index (χ1n) is 15.5. The van der Waals surface area contributed by atoms with Gasteiger partial charge in [0.2, 0.25) is 5.91 Å². The van der Waals surface area contributed by atoms with Crippen molar-refractivity contribution in [2.75, 3.05) is 38.3 Å². The van der Waals surface area contributed by atoms with Crippen molar-refractivity contribution < 1.29 is 37.0 Å². The van der Waals surface area contributed by atoms with Gasteiger partial charge >= 0.3 is 6.09 Å². The average Bonchev–Trinajstić information content (AvgIpc) is 3.06. The van der Waals surface area contributed by atoms with Gasteiger partial charge in [0.15, 0.2) is 0 Å². The lowest BCUT2D eigenvalue weighted by Crippen LogP contribution is -2.49. The number of nitrogens with one attached hydrogen (secondary N) is 3. The Morgan fingerprint density at radius 3 is 2.22 bits per heavy atom. The Hall–Kier alpha value is -3.97. The molecule has 0 unspecified atom stereocenters. The average molecular weight is 641 g/mol. The van der Waals surface area contributed by atoms with Crippen LogP contribution in [0.15, 0.2) is 66.7 Å². The first kappa shape index (κ1) is 33.4. The van der Waals surface area contributed by atoms with Crippen molar-refractivity contribution in [2.45, 2.75) is 55.8 Å². The van der Waals surface area contributed by atoms with E-state index in [-0.39, 0.29) is 36.9 Å². The fraction of sp³-hybridized carbons (Fsp3) is 0.412. The van der Waals surface area contributed by atoms with Crippen LogP contribution in [0.3, 0.4) is 0 Å². The maximum absolute atomic E-state index is 15.1. The quantitative estimate of drug-likeness (QED) is 0.245. The molecule has 5 rings (SSSR count). The smallest absolute Gasteiger partial charge is 0.407 e. The molecule has 9 nitrogen and oxygen atoms in total. The van der Waals surface area contributed by atoms with Crippen molar-refractivity contribution >= 4 is 17.7 Å². The van der Waals surface area contributed by atoms with E-state index in [4.69, 9.17) is 19.9 Å². The Kier molecular flexibility index (Phi) is 11.6. The van der Waals surface area contributed by atoms with E-state index in [1.54, 1.807) is 6.07 Å². The number of hydrogen-bond donors (Lipinski definition) is 4. The van der Waals surface area contributed by atoms with Crippen LogP contribution in [-0.2, 0) is 25.4 Å². The first-order valence-corrected chi connectivity index (χ1v) is 15.5. The molecule has 3 aromatic rings. The lowest BCUT2D eigenvalue weighted by Gasteiger charge is -2.30. The molecule has 2 fully saturated rings. The van der Waals surface area contributed by atoms with Gasteiger partial charge in [-0.25, -0.2) is 18.0 Å². The van der Waals surface area contributed by atoms with Crippen LogP contribution in [0, 0.1) is 17.5 Å². The highest BCUT2D eigenvalue weighted by Gasteiger charge is 2.29. The summed E-state index contributed by atoms with van der Waals surface area (Å²) in [5.41, 5.74) is 8.20. The summed E-state index contributed by atoms with van der Waals surface area (Å²) in [6.07, 6.45) is 1.57. The maximum Gasteiger partial charge on any atom is 0.407 e. The number of carbonyl (C=O) groups is 2. The number of rotatable bonds is 11. The van der Waals surface area contributed by atoms with E-state index in [0.29, 0.717) is 49.5 Å². The molecule has 46 heavy (non-hydrogen) atoms. The second-order valence-electron chi connectivity index (χ2n) is 11.6. The molecule has 12 heteroatoms. The van der Waals surface area contributed by atoms with Crippen molar-refractivity contribution in [3.05, 3.63) is 101 Å². The van der Waals surface area contributed by atoms with E-state index < -0.39 is 41.4 Å². The van der Waals surface area contributed by atoms with Gasteiger partial charge in [0.1, 0.15) is 24.1 Å². The Labute approximate surface area is 266 Å². The van der Waals surface area contributed by atoms with E-state index in [1.165, 1.54) is 60.7 Å². The predicted octanol–water partition coefficient (Wildman–Crippen LogP) is 4.40. The molecular weight excluding hydrogens is 601 g/mol. The molecule has 3 atom stereocenters. The van der Waals surface area contributed by atoms with E-state index in [9.17, 15) is 18.4 Å². The van der Waals surface area contributed by atoms with E-state index >= 15 is 4.39 Å². The zero-order chi connectivity index (χ0) is 32.5. The summed E-state index contributed by atoms with van der Waals surface area (Å²) in [6.45, 7) is 2.19. The molecule has 0 bridgehead atoms. The lowest BCUT2D eigenvalue weighted by molar-refractivity contribution is -0.117. The summed E-state index contributed by atoms with van der Waals surface area (Å²) < 4.78 is 59.0. The highest BCUT2D eigenvalue weighted by molar-refractivity contribution is 5.96. The van der Waals surface area contributed by atoms with Crippen LogP contribution in [0.1, 0.15) is 41.9 Å². The predicted molar refractivity (Wildman–Crippen MR) is 166 cm³/mol. The number of carbonyl (C=O) groups excluding carboxylic acids is 2. The molecule has 0 saturated carbocycles. The highest BCUT2D eigenvalue weighted by atomic mass is 19.1. The second-order valence-corrected chi connectivity index (χ2v) is 11.6. The molecule has 0 radical (unpaired) electrons. The third-order valence-corrected chi connectivity index (χ3v) is 8.34. The summed E-state index contributed by atoms with van der Waals surface area (Å²) in [7, 11) is 0. The fourth-order valence-electron chi connectivity index (χ4n) is 5.74. The van der Waals surface area contributed by atoms with E-state index in [1.807, 2.05) is 0 Å². The third-order valence-electron chi connectivity index (χ3n) is 8.34. The number of morpholine rings is 1. The Morgan fingerprint density at radius 1 is 0.957 bits per heavy atom. The van der Waals surface area contributed by atoms with Crippen molar-refractivity contribution in [1.29, 1.82) is 0 Å². The van der Waals surface area contributed by atoms with Crippen LogP contribution in [0.5, 0.6) is 0 Å². The van der Waals surface area contributed by atoms with Gasteiger partial charge in [-0.2, -0.15) is 0 Å². The number of amides is 2. The van der Waals surface area contributed by atoms with E-state index in [0.717, 1.165) is 12.8 Å². The molecule has 246 valence electrons. The number of alkyl carbamates (subject to hydrolysis) is 1. The molecule has 0 spiro atoms. The van der Waals surface area contributed by atoms with Gasteiger partial charge in [-0.3, -0.25) is 4.79 Å². The topological polar surface area (TPSA) is 124 Å². The van der Waals surface area contributed by atoms with Gasteiger partial charge in [-0.1, -0.05) is 30.3 Å². The number of anilines is 1. The standard InChI is InChI=1S/C34H39F3N4O5/c35-23-8-4-21(5-9-23)31(22-6-10-24(36)11-7-22)32(38)33(42)41-30-3-1-2-29(37)28(30)13-12-27-18-39-26(19-45-27)20-46-34(43)40-25-14-16-44-17-15-25/h1-11,25-27,31-32,39H,12-20,38H2,(H,40,43)(H,41,42)/t26-,27+,32-/m0/s1. The molecule has 0 aromatic heterocycles.